The van der Waals surface area contributed by atoms with Crippen LogP contribution in [0.2, 0.25) is 0 Å². The maximum absolute atomic E-state index is 11.4. The molecule has 0 saturated carbocycles. The molecule has 1 aromatic rings. The molecule has 5 nitrogen and oxygen atoms in total. The van der Waals surface area contributed by atoms with Crippen LogP contribution < -0.4 is 10.2 Å². The first-order valence-electron chi connectivity index (χ1n) is 5.16. The van der Waals surface area contributed by atoms with Crippen LogP contribution in [-0.4, -0.2) is 30.9 Å². The van der Waals surface area contributed by atoms with Gasteiger partial charge in [-0.3, -0.25) is 4.79 Å². The maximum Gasteiger partial charge on any atom is 0.304 e. The fourth-order valence-electron chi connectivity index (χ4n) is 1.84. The Labute approximate surface area is 97.8 Å². The Hall–Kier alpha value is -0.660. The number of H-pyrrole nitrogens is 1. The number of hydrogen-bond acceptors (Lipinski definition) is 5. The summed E-state index contributed by atoms with van der Waals surface area (Å²) in [6, 6.07) is 0.0159. The normalized spacial score (nSPS) is 24.4. The lowest BCUT2D eigenvalue weighted by Crippen LogP contribution is -2.39. The van der Waals surface area contributed by atoms with Crippen LogP contribution in [0.25, 0.3) is 0 Å². The minimum absolute atomic E-state index is 0.0159. The second kappa shape index (κ2) is 4.68. The number of thiazole rings is 1. The van der Waals surface area contributed by atoms with Crippen molar-refractivity contribution in [2.24, 2.45) is 0 Å². The van der Waals surface area contributed by atoms with Crippen molar-refractivity contribution in [2.45, 2.75) is 25.4 Å². The fraction of sp³-hybridized carbons (Fsp3) is 0.667. The Morgan fingerprint density at radius 3 is 3.00 bits per heavy atom. The summed E-state index contributed by atoms with van der Waals surface area (Å²) < 4.78 is 22.8. The predicted octanol–water partition coefficient (Wildman–Crippen LogP) is 0.103. The lowest BCUT2D eigenvalue weighted by atomic mass is 10.2. The first-order valence-corrected chi connectivity index (χ1v) is 7.86. The molecule has 1 aliphatic heterocycles. The van der Waals surface area contributed by atoms with E-state index >= 15 is 0 Å². The number of nitrogens with one attached hydrogen (secondary N) is 2. The van der Waals surface area contributed by atoms with Gasteiger partial charge in [0, 0.05) is 23.7 Å². The first-order chi connectivity index (χ1) is 7.55. The number of hydrogen-bond donors (Lipinski definition) is 2. The quantitative estimate of drug-likeness (QED) is 0.810. The van der Waals surface area contributed by atoms with Gasteiger partial charge in [-0.25, -0.2) is 8.42 Å². The SMILES string of the molecule is O=c1[nH]c(CNC2CCCS(=O)(=O)C2)cs1. The van der Waals surface area contributed by atoms with Crippen LogP contribution in [-0.2, 0) is 16.4 Å². The minimum atomic E-state index is -2.86. The molecule has 0 aromatic carbocycles. The van der Waals surface area contributed by atoms with Gasteiger partial charge in [-0.2, -0.15) is 0 Å². The molecule has 0 aliphatic carbocycles. The molecule has 2 N–H and O–H groups in total. The van der Waals surface area contributed by atoms with E-state index in [1.165, 1.54) is 0 Å². The molecule has 90 valence electrons. The molecular formula is C9H14N2O3S2. The van der Waals surface area contributed by atoms with Gasteiger partial charge >= 0.3 is 4.87 Å². The topological polar surface area (TPSA) is 79.0 Å². The third-order valence-electron chi connectivity index (χ3n) is 2.62. The minimum Gasteiger partial charge on any atom is -0.315 e. The Balaban J connectivity index is 1.88. The zero-order valence-corrected chi connectivity index (χ0v) is 10.4. The second-order valence-electron chi connectivity index (χ2n) is 4.01. The molecule has 0 radical (unpaired) electrons. The summed E-state index contributed by atoms with van der Waals surface area (Å²) in [6.07, 6.45) is 1.60. The van der Waals surface area contributed by atoms with Gasteiger partial charge in [0.2, 0.25) is 0 Å². The Morgan fingerprint density at radius 1 is 1.56 bits per heavy atom. The van der Waals surface area contributed by atoms with E-state index in [0.29, 0.717) is 12.3 Å². The van der Waals surface area contributed by atoms with Gasteiger partial charge in [-0.1, -0.05) is 11.3 Å². The smallest absolute Gasteiger partial charge is 0.304 e. The summed E-state index contributed by atoms with van der Waals surface area (Å²) in [6.45, 7) is 0.527. The van der Waals surface area contributed by atoms with E-state index < -0.39 is 9.84 Å². The second-order valence-corrected chi connectivity index (χ2v) is 7.08. The Morgan fingerprint density at radius 2 is 2.38 bits per heavy atom. The largest absolute Gasteiger partial charge is 0.315 e. The average molecular weight is 262 g/mol. The average Bonchev–Trinajstić information content (AvgIpc) is 2.60. The first kappa shape index (κ1) is 11.8. The molecule has 7 heteroatoms. The highest BCUT2D eigenvalue weighted by Gasteiger charge is 2.24. The molecule has 2 heterocycles. The van der Waals surface area contributed by atoms with Crippen LogP contribution in [0.1, 0.15) is 18.5 Å². The van der Waals surface area contributed by atoms with Crippen LogP contribution in [0.5, 0.6) is 0 Å². The molecule has 0 bridgehead atoms. The summed E-state index contributed by atoms with van der Waals surface area (Å²) in [5.41, 5.74) is 0.818. The molecule has 1 fully saturated rings. The van der Waals surface area contributed by atoms with Crippen molar-refractivity contribution in [3.63, 3.8) is 0 Å². The summed E-state index contributed by atoms with van der Waals surface area (Å²) in [5.74, 6) is 0.516. The van der Waals surface area contributed by atoms with Gasteiger partial charge in [0.1, 0.15) is 0 Å². The van der Waals surface area contributed by atoms with E-state index in [1.807, 2.05) is 0 Å². The predicted molar refractivity (Wildman–Crippen MR) is 63.5 cm³/mol. The third-order valence-corrected chi connectivity index (χ3v) is 5.15. The van der Waals surface area contributed by atoms with Gasteiger partial charge in [0.05, 0.1) is 11.5 Å². The van der Waals surface area contributed by atoms with Crippen molar-refractivity contribution in [2.75, 3.05) is 11.5 Å². The van der Waals surface area contributed by atoms with Gasteiger partial charge in [-0.05, 0) is 12.8 Å². The van der Waals surface area contributed by atoms with Crippen LogP contribution in [0.15, 0.2) is 10.2 Å². The highest BCUT2D eigenvalue weighted by atomic mass is 32.2. The van der Waals surface area contributed by atoms with Crippen LogP contribution in [0.3, 0.4) is 0 Å². The molecule has 0 spiro atoms. The highest BCUT2D eigenvalue weighted by Crippen LogP contribution is 2.12. The van der Waals surface area contributed by atoms with Gasteiger partial charge in [0.25, 0.3) is 0 Å². The molecule has 1 atom stereocenters. The molecule has 1 aliphatic rings. The van der Waals surface area contributed by atoms with E-state index in [-0.39, 0.29) is 16.7 Å². The summed E-state index contributed by atoms with van der Waals surface area (Å²) in [4.78, 5) is 13.5. The molecule has 2 rings (SSSR count). The molecule has 16 heavy (non-hydrogen) atoms. The number of aromatic amines is 1. The number of aromatic nitrogens is 1. The molecule has 0 amide bonds. The van der Waals surface area contributed by atoms with E-state index in [0.717, 1.165) is 29.9 Å². The lowest BCUT2D eigenvalue weighted by molar-refractivity contribution is 0.478. The van der Waals surface area contributed by atoms with Crippen molar-refractivity contribution in [1.29, 1.82) is 0 Å². The molecule has 1 aromatic heterocycles. The van der Waals surface area contributed by atoms with E-state index in [4.69, 9.17) is 0 Å². The summed E-state index contributed by atoms with van der Waals surface area (Å²) in [5, 5.41) is 4.92. The van der Waals surface area contributed by atoms with E-state index in [9.17, 15) is 13.2 Å². The number of sulfone groups is 1. The van der Waals surface area contributed by atoms with Crippen LogP contribution in [0.4, 0.5) is 0 Å². The fourth-order valence-corrected chi connectivity index (χ4v) is 4.09. The van der Waals surface area contributed by atoms with Crippen LogP contribution >= 0.6 is 11.3 Å². The summed E-state index contributed by atoms with van der Waals surface area (Å²) >= 11 is 1.12. The van der Waals surface area contributed by atoms with Crippen LogP contribution in [0, 0.1) is 0 Å². The van der Waals surface area contributed by atoms with Crippen molar-refractivity contribution in [3.05, 3.63) is 20.7 Å². The molecule has 1 unspecified atom stereocenters. The molecule has 1 saturated heterocycles. The number of rotatable bonds is 3. The zero-order chi connectivity index (χ0) is 11.6. The Kier molecular flexibility index (Phi) is 3.46. The van der Waals surface area contributed by atoms with Gasteiger partial charge in [0.15, 0.2) is 9.84 Å². The van der Waals surface area contributed by atoms with Crippen molar-refractivity contribution >= 4 is 21.2 Å². The Bertz CT molecular complexity index is 503. The third kappa shape index (κ3) is 3.16. The van der Waals surface area contributed by atoms with E-state index in [1.54, 1.807) is 5.38 Å². The lowest BCUT2D eigenvalue weighted by Gasteiger charge is -2.22. The molecular weight excluding hydrogens is 248 g/mol. The van der Waals surface area contributed by atoms with Gasteiger partial charge < -0.3 is 10.3 Å². The van der Waals surface area contributed by atoms with Gasteiger partial charge in [-0.15, -0.1) is 0 Å². The van der Waals surface area contributed by atoms with Crippen molar-refractivity contribution < 1.29 is 8.42 Å². The van der Waals surface area contributed by atoms with E-state index in [2.05, 4.69) is 10.3 Å². The highest BCUT2D eigenvalue weighted by molar-refractivity contribution is 7.91. The standard InChI is InChI=1S/C9H14N2O3S2/c12-9-11-8(5-15-9)4-10-7-2-1-3-16(13,14)6-7/h5,7,10H,1-4,6H2,(H,11,12). The van der Waals surface area contributed by atoms with Crippen molar-refractivity contribution in [1.82, 2.24) is 10.3 Å². The maximum atomic E-state index is 11.4. The summed E-state index contributed by atoms with van der Waals surface area (Å²) in [7, 11) is -2.86. The van der Waals surface area contributed by atoms with Crippen molar-refractivity contribution in [3.8, 4) is 0 Å². The zero-order valence-electron chi connectivity index (χ0n) is 8.73. The monoisotopic (exact) mass is 262 g/mol.